The minimum Gasteiger partial charge on any atom is -0.364 e. The van der Waals surface area contributed by atoms with Gasteiger partial charge in [-0.05, 0) is 22.9 Å². The maximum atomic E-state index is 13.1. The van der Waals surface area contributed by atoms with Crippen LogP contribution >= 0.6 is 15.9 Å². The molecule has 2 heterocycles. The molecule has 1 aromatic heterocycles. The summed E-state index contributed by atoms with van der Waals surface area (Å²) in [4.78, 5) is 12.4. The number of amides is 1. The number of hydrazine groups is 1. The first-order chi connectivity index (χ1) is 10.1. The van der Waals surface area contributed by atoms with Crippen LogP contribution in [0.25, 0.3) is 0 Å². The number of carbonyl (C=O) groups is 1. The molecule has 6 nitrogen and oxygen atoms in total. The number of halogens is 5. The average Bonchev–Trinajstić information content (AvgIpc) is 2.89. The van der Waals surface area contributed by atoms with Gasteiger partial charge in [-0.25, -0.2) is 13.8 Å². The van der Waals surface area contributed by atoms with E-state index in [1.165, 1.54) is 7.05 Å². The van der Waals surface area contributed by atoms with Crippen molar-refractivity contribution >= 4 is 21.8 Å². The Balaban J connectivity index is 2.49. The minimum absolute atomic E-state index is 0.105. The Labute approximate surface area is 130 Å². The molecule has 1 fully saturated rings. The van der Waals surface area contributed by atoms with Gasteiger partial charge in [0.15, 0.2) is 0 Å². The highest BCUT2D eigenvalue weighted by Crippen LogP contribution is 2.36. The number of hydrogen-bond donors (Lipinski definition) is 2. The minimum atomic E-state index is -3.45. The molecule has 0 saturated carbocycles. The molecule has 0 aromatic carbocycles. The van der Waals surface area contributed by atoms with Crippen molar-refractivity contribution in [2.45, 2.75) is 25.5 Å². The van der Waals surface area contributed by atoms with Gasteiger partial charge in [0.05, 0.1) is 16.6 Å². The third-order valence-corrected chi connectivity index (χ3v) is 4.15. The molecular weight excluding hydrogens is 376 g/mol. The van der Waals surface area contributed by atoms with Crippen LogP contribution in [-0.4, -0.2) is 38.0 Å². The summed E-state index contributed by atoms with van der Waals surface area (Å²) in [6.07, 6.45) is -6.84. The molecule has 1 aliphatic rings. The summed E-state index contributed by atoms with van der Waals surface area (Å²) in [7, 11) is 1.38. The fourth-order valence-corrected chi connectivity index (χ4v) is 2.60. The first-order valence-electron chi connectivity index (χ1n) is 5.94. The normalized spacial score (nSPS) is 21.5. The number of nitrogens with zero attached hydrogens (tertiary/aromatic N) is 3. The summed E-state index contributed by atoms with van der Waals surface area (Å²) in [5.41, 5.74) is -1.93. The Morgan fingerprint density at radius 3 is 2.50 bits per heavy atom. The van der Waals surface area contributed by atoms with E-state index in [1.807, 2.05) is 5.43 Å². The molecule has 1 aliphatic heterocycles. The fraction of sp³-hybridized carbons (Fsp3) is 0.455. The Morgan fingerprint density at radius 2 is 2.09 bits per heavy atom. The Bertz CT molecular complexity index is 659. The molecule has 22 heavy (non-hydrogen) atoms. The number of aromatic nitrogens is 2. The van der Waals surface area contributed by atoms with Crippen molar-refractivity contribution in [2.24, 2.45) is 7.05 Å². The van der Waals surface area contributed by atoms with Gasteiger partial charge in [-0.3, -0.25) is 14.9 Å². The zero-order valence-electron chi connectivity index (χ0n) is 11.4. The molecule has 1 aromatic rings. The fourth-order valence-electron chi connectivity index (χ4n) is 2.09. The summed E-state index contributed by atoms with van der Waals surface area (Å²) in [5.74, 6) is -1.12. The molecule has 0 bridgehead atoms. The van der Waals surface area contributed by atoms with E-state index in [-0.39, 0.29) is 15.2 Å². The van der Waals surface area contributed by atoms with Gasteiger partial charge in [0, 0.05) is 7.05 Å². The molecule has 2 N–H and O–H groups in total. The summed E-state index contributed by atoms with van der Waals surface area (Å²) in [6.45, 7) is 1.56. The van der Waals surface area contributed by atoms with E-state index in [0.717, 1.165) is 4.68 Å². The van der Waals surface area contributed by atoms with Crippen molar-refractivity contribution in [3.05, 3.63) is 27.6 Å². The predicted octanol–water partition coefficient (Wildman–Crippen LogP) is 1.90. The third kappa shape index (κ3) is 2.47. The summed E-state index contributed by atoms with van der Waals surface area (Å²) < 4.78 is 52.8. The number of carbonyl (C=O) groups excluding carboxylic acids is 1. The maximum absolute atomic E-state index is 13.1. The Hall–Kier alpha value is -1.62. The molecule has 0 radical (unpaired) electrons. The van der Waals surface area contributed by atoms with Crippen molar-refractivity contribution in [2.75, 3.05) is 0 Å². The van der Waals surface area contributed by atoms with E-state index >= 15 is 0 Å². The van der Waals surface area contributed by atoms with Crippen LogP contribution < -0.4 is 5.43 Å². The van der Waals surface area contributed by atoms with E-state index in [4.69, 9.17) is 0 Å². The van der Waals surface area contributed by atoms with E-state index in [1.54, 1.807) is 6.92 Å². The van der Waals surface area contributed by atoms with Gasteiger partial charge in [-0.15, -0.1) is 0 Å². The maximum Gasteiger partial charge on any atom is 0.294 e. The lowest BCUT2D eigenvalue weighted by molar-refractivity contribution is -0.168. The van der Waals surface area contributed by atoms with Crippen LogP contribution in [0, 0.1) is 6.92 Å². The lowest BCUT2D eigenvalue weighted by atomic mass is 10.1. The molecule has 1 unspecified atom stereocenters. The van der Waals surface area contributed by atoms with Crippen LogP contribution in [0.15, 0.2) is 16.3 Å². The smallest absolute Gasteiger partial charge is 0.294 e. The van der Waals surface area contributed by atoms with Gasteiger partial charge in [0.25, 0.3) is 18.4 Å². The molecule has 0 aliphatic carbocycles. The highest BCUT2D eigenvalue weighted by molar-refractivity contribution is 9.10. The zero-order chi connectivity index (χ0) is 16.8. The van der Waals surface area contributed by atoms with Gasteiger partial charge in [0.2, 0.25) is 5.72 Å². The molecule has 0 spiro atoms. The van der Waals surface area contributed by atoms with Gasteiger partial charge in [-0.2, -0.15) is 13.9 Å². The van der Waals surface area contributed by atoms with Gasteiger partial charge >= 0.3 is 0 Å². The molecule has 1 atom stereocenters. The monoisotopic (exact) mass is 386 g/mol. The van der Waals surface area contributed by atoms with Gasteiger partial charge < -0.3 is 5.11 Å². The second-order valence-electron chi connectivity index (χ2n) is 4.72. The Kier molecular flexibility index (Phi) is 4.22. The summed E-state index contributed by atoms with van der Waals surface area (Å²) >= 11 is 3.08. The highest BCUT2D eigenvalue weighted by Gasteiger charge is 2.54. The SMILES string of the molecule is Cc1nn(C)c(C(=O)N2NC(=C(F)F)CC2(O)C(F)F)c1Br. The topological polar surface area (TPSA) is 70.4 Å². The van der Waals surface area contributed by atoms with E-state index in [0.29, 0.717) is 5.69 Å². The van der Waals surface area contributed by atoms with Crippen LogP contribution in [0.4, 0.5) is 17.6 Å². The van der Waals surface area contributed by atoms with Crippen LogP contribution in [-0.2, 0) is 7.05 Å². The molecule has 11 heteroatoms. The average molecular weight is 387 g/mol. The molecule has 2 rings (SSSR count). The van der Waals surface area contributed by atoms with Crippen molar-refractivity contribution < 1.29 is 27.5 Å². The van der Waals surface area contributed by atoms with Gasteiger partial charge in [0.1, 0.15) is 11.4 Å². The highest BCUT2D eigenvalue weighted by atomic mass is 79.9. The first kappa shape index (κ1) is 16.7. The molecule has 122 valence electrons. The predicted molar refractivity (Wildman–Crippen MR) is 69.8 cm³/mol. The summed E-state index contributed by atoms with van der Waals surface area (Å²) in [6, 6.07) is 0. The standard InChI is InChI=1S/C11H11BrF4N4O2/c1-4-6(12)7(19(2)17-4)9(21)20-11(22,10(15)16)3-5(18-20)8(13)14/h10,18,22H,3H2,1-2H3. The van der Waals surface area contributed by atoms with E-state index < -0.39 is 36.3 Å². The zero-order valence-corrected chi connectivity index (χ0v) is 13.0. The molecule has 1 amide bonds. The first-order valence-corrected chi connectivity index (χ1v) is 6.74. The van der Waals surface area contributed by atoms with Crippen molar-refractivity contribution in [3.63, 3.8) is 0 Å². The molecule has 1 saturated heterocycles. The number of nitrogens with one attached hydrogen (secondary N) is 1. The van der Waals surface area contributed by atoms with E-state index in [9.17, 15) is 27.5 Å². The number of aryl methyl sites for hydroxylation is 2. The van der Waals surface area contributed by atoms with Crippen molar-refractivity contribution in [1.29, 1.82) is 0 Å². The van der Waals surface area contributed by atoms with Crippen LogP contribution in [0.2, 0.25) is 0 Å². The van der Waals surface area contributed by atoms with Crippen LogP contribution in [0.3, 0.4) is 0 Å². The lowest BCUT2D eigenvalue weighted by Crippen LogP contribution is -2.56. The number of rotatable bonds is 2. The second kappa shape index (κ2) is 5.54. The van der Waals surface area contributed by atoms with Crippen LogP contribution in [0.5, 0.6) is 0 Å². The molecular formula is C11H11BrF4N4O2. The van der Waals surface area contributed by atoms with E-state index in [2.05, 4.69) is 21.0 Å². The number of aliphatic hydroxyl groups is 1. The van der Waals surface area contributed by atoms with Crippen molar-refractivity contribution in [3.8, 4) is 0 Å². The largest absolute Gasteiger partial charge is 0.364 e. The number of alkyl halides is 2. The lowest BCUT2D eigenvalue weighted by Gasteiger charge is -2.31. The van der Waals surface area contributed by atoms with Crippen LogP contribution in [0.1, 0.15) is 22.6 Å². The third-order valence-electron chi connectivity index (χ3n) is 3.20. The summed E-state index contributed by atoms with van der Waals surface area (Å²) in [5, 5.41) is 14.0. The second-order valence-corrected chi connectivity index (χ2v) is 5.51. The quantitative estimate of drug-likeness (QED) is 0.761. The van der Waals surface area contributed by atoms with Crippen molar-refractivity contribution in [1.82, 2.24) is 20.2 Å². The number of hydrogen-bond acceptors (Lipinski definition) is 4. The van der Waals surface area contributed by atoms with Gasteiger partial charge in [-0.1, -0.05) is 0 Å². The Morgan fingerprint density at radius 1 is 1.50 bits per heavy atom.